The Morgan fingerprint density at radius 3 is 2.67 bits per heavy atom. The van der Waals surface area contributed by atoms with Gasteiger partial charge in [-0.25, -0.2) is 4.39 Å². The van der Waals surface area contributed by atoms with Crippen molar-refractivity contribution in [2.75, 3.05) is 6.54 Å². The van der Waals surface area contributed by atoms with Crippen LogP contribution in [0.15, 0.2) is 40.9 Å². The van der Waals surface area contributed by atoms with Gasteiger partial charge in [-0.05, 0) is 55.8 Å². The van der Waals surface area contributed by atoms with Gasteiger partial charge in [0.25, 0.3) is 0 Å². The molecule has 0 spiro atoms. The van der Waals surface area contributed by atoms with Gasteiger partial charge in [-0.1, -0.05) is 45.2 Å². The minimum Gasteiger partial charge on any atom is -0.310 e. The molecule has 0 bridgehead atoms. The molecule has 0 saturated carbocycles. The van der Waals surface area contributed by atoms with E-state index >= 15 is 0 Å². The maximum atomic E-state index is 13.8. The fourth-order valence-corrected chi connectivity index (χ4v) is 2.99. The number of benzene rings is 2. The fourth-order valence-electron chi connectivity index (χ4n) is 2.10. The number of nitrogens with one attached hydrogen (secondary N) is 1. The largest absolute Gasteiger partial charge is 0.310 e. The van der Waals surface area contributed by atoms with Crippen LogP contribution >= 0.6 is 39.1 Å². The summed E-state index contributed by atoms with van der Waals surface area (Å²) in [6, 6.07) is 10.3. The molecular weight excluding hydrogens is 376 g/mol. The minimum atomic E-state index is -0.206. The van der Waals surface area contributed by atoms with Gasteiger partial charge in [-0.3, -0.25) is 0 Å². The van der Waals surface area contributed by atoms with Gasteiger partial charge in [0.15, 0.2) is 0 Å². The van der Waals surface area contributed by atoms with E-state index in [9.17, 15) is 4.39 Å². The Labute approximate surface area is 142 Å². The molecule has 2 aromatic rings. The van der Waals surface area contributed by atoms with E-state index in [0.717, 1.165) is 16.5 Å². The zero-order valence-electron chi connectivity index (χ0n) is 11.5. The standard InChI is InChI=1S/C16H15BrCl2FN/c1-10(14-8-12(17)3-5-16(14)20)21-7-6-11-2-4-13(18)9-15(11)19/h2-5,8-10,21H,6-7H2,1H3. The topological polar surface area (TPSA) is 12.0 Å². The Morgan fingerprint density at radius 1 is 1.19 bits per heavy atom. The third kappa shape index (κ3) is 4.68. The number of hydrogen-bond acceptors (Lipinski definition) is 1. The molecule has 0 aliphatic heterocycles. The van der Waals surface area contributed by atoms with Crippen molar-refractivity contribution in [1.29, 1.82) is 0 Å². The number of rotatable bonds is 5. The normalized spacial score (nSPS) is 12.4. The van der Waals surface area contributed by atoms with Gasteiger partial charge in [-0.2, -0.15) is 0 Å². The van der Waals surface area contributed by atoms with Crippen molar-refractivity contribution < 1.29 is 4.39 Å². The van der Waals surface area contributed by atoms with Crippen molar-refractivity contribution >= 4 is 39.1 Å². The van der Waals surface area contributed by atoms with Crippen LogP contribution in [0.3, 0.4) is 0 Å². The molecule has 2 rings (SSSR count). The molecule has 0 saturated heterocycles. The van der Waals surface area contributed by atoms with Gasteiger partial charge in [-0.15, -0.1) is 0 Å². The van der Waals surface area contributed by atoms with Gasteiger partial charge >= 0.3 is 0 Å². The van der Waals surface area contributed by atoms with E-state index in [1.54, 1.807) is 18.2 Å². The van der Waals surface area contributed by atoms with Gasteiger partial charge in [0.1, 0.15) is 5.82 Å². The summed E-state index contributed by atoms with van der Waals surface area (Å²) in [4.78, 5) is 0. The van der Waals surface area contributed by atoms with Crippen molar-refractivity contribution in [3.63, 3.8) is 0 Å². The second kappa shape index (κ2) is 7.59. The molecule has 0 fully saturated rings. The van der Waals surface area contributed by atoms with Gasteiger partial charge in [0.05, 0.1) is 0 Å². The minimum absolute atomic E-state index is 0.0754. The molecule has 0 aromatic heterocycles. The molecule has 0 heterocycles. The van der Waals surface area contributed by atoms with Crippen molar-refractivity contribution in [1.82, 2.24) is 5.32 Å². The summed E-state index contributed by atoms with van der Waals surface area (Å²) in [7, 11) is 0. The monoisotopic (exact) mass is 389 g/mol. The van der Waals surface area contributed by atoms with Crippen LogP contribution < -0.4 is 5.32 Å². The first-order valence-electron chi connectivity index (χ1n) is 6.59. The maximum Gasteiger partial charge on any atom is 0.128 e. The summed E-state index contributed by atoms with van der Waals surface area (Å²) < 4.78 is 14.7. The summed E-state index contributed by atoms with van der Waals surface area (Å²) in [5.41, 5.74) is 1.67. The van der Waals surface area contributed by atoms with E-state index in [1.807, 2.05) is 19.1 Å². The van der Waals surface area contributed by atoms with Crippen LogP contribution in [0.1, 0.15) is 24.1 Å². The highest BCUT2D eigenvalue weighted by Gasteiger charge is 2.11. The van der Waals surface area contributed by atoms with Crippen molar-refractivity contribution in [3.05, 3.63) is 67.9 Å². The Hall–Kier alpha value is -0.610. The van der Waals surface area contributed by atoms with Crippen LogP contribution in [0.25, 0.3) is 0 Å². The lowest BCUT2D eigenvalue weighted by Crippen LogP contribution is -2.22. The number of halogens is 4. The van der Waals surface area contributed by atoms with Gasteiger partial charge in [0, 0.05) is 26.1 Å². The quantitative estimate of drug-likeness (QED) is 0.681. The molecular formula is C16H15BrCl2FN. The van der Waals surface area contributed by atoms with E-state index in [4.69, 9.17) is 23.2 Å². The Kier molecular flexibility index (Phi) is 6.06. The molecule has 1 nitrogen and oxygen atoms in total. The molecule has 1 unspecified atom stereocenters. The van der Waals surface area contributed by atoms with Crippen LogP contribution in [0.5, 0.6) is 0 Å². The van der Waals surface area contributed by atoms with Crippen molar-refractivity contribution in [3.8, 4) is 0 Å². The lowest BCUT2D eigenvalue weighted by Gasteiger charge is -2.16. The second-order valence-electron chi connectivity index (χ2n) is 4.83. The SMILES string of the molecule is CC(NCCc1ccc(Cl)cc1Cl)c1cc(Br)ccc1F. The van der Waals surface area contributed by atoms with Crippen LogP contribution in [0, 0.1) is 5.82 Å². The molecule has 0 aliphatic carbocycles. The van der Waals surface area contributed by atoms with Crippen LogP contribution in [0.4, 0.5) is 4.39 Å². The first-order valence-corrected chi connectivity index (χ1v) is 8.14. The summed E-state index contributed by atoms with van der Waals surface area (Å²) in [5, 5.41) is 4.59. The summed E-state index contributed by atoms with van der Waals surface area (Å²) >= 11 is 15.4. The first-order chi connectivity index (χ1) is 9.97. The average Bonchev–Trinajstić information content (AvgIpc) is 2.43. The molecule has 0 aliphatic rings. The number of hydrogen-bond donors (Lipinski definition) is 1. The molecule has 0 amide bonds. The van der Waals surface area contributed by atoms with Gasteiger partial charge in [0.2, 0.25) is 0 Å². The highest BCUT2D eigenvalue weighted by atomic mass is 79.9. The van der Waals surface area contributed by atoms with Gasteiger partial charge < -0.3 is 5.32 Å². The lowest BCUT2D eigenvalue weighted by molar-refractivity contribution is 0.530. The van der Waals surface area contributed by atoms with E-state index in [0.29, 0.717) is 22.2 Å². The predicted octanol–water partition coefficient (Wildman–Crippen LogP) is 5.79. The molecule has 1 N–H and O–H groups in total. The zero-order chi connectivity index (χ0) is 15.4. The van der Waals surface area contributed by atoms with Crippen LogP contribution in [-0.2, 0) is 6.42 Å². The molecule has 112 valence electrons. The molecule has 0 radical (unpaired) electrons. The Balaban J connectivity index is 1.95. The Morgan fingerprint density at radius 2 is 1.95 bits per heavy atom. The van der Waals surface area contributed by atoms with E-state index in [2.05, 4.69) is 21.2 Å². The molecule has 21 heavy (non-hydrogen) atoms. The average molecular weight is 391 g/mol. The molecule has 2 aromatic carbocycles. The smallest absolute Gasteiger partial charge is 0.128 e. The third-order valence-corrected chi connectivity index (χ3v) is 4.36. The summed E-state index contributed by atoms with van der Waals surface area (Å²) in [6.07, 6.45) is 0.760. The van der Waals surface area contributed by atoms with Crippen molar-refractivity contribution in [2.45, 2.75) is 19.4 Å². The Bertz CT molecular complexity index is 634. The molecule has 1 atom stereocenters. The maximum absolute atomic E-state index is 13.8. The zero-order valence-corrected chi connectivity index (χ0v) is 14.6. The van der Waals surface area contributed by atoms with Crippen LogP contribution in [0.2, 0.25) is 10.0 Å². The van der Waals surface area contributed by atoms with E-state index in [-0.39, 0.29) is 11.9 Å². The molecule has 5 heteroatoms. The summed E-state index contributed by atoms with van der Waals surface area (Å²) in [6.45, 7) is 2.64. The lowest BCUT2D eigenvalue weighted by atomic mass is 10.1. The summed E-state index contributed by atoms with van der Waals surface area (Å²) in [5.74, 6) is -0.206. The van der Waals surface area contributed by atoms with Crippen molar-refractivity contribution in [2.24, 2.45) is 0 Å². The first kappa shape index (κ1) is 16.8. The second-order valence-corrected chi connectivity index (χ2v) is 6.59. The highest BCUT2D eigenvalue weighted by molar-refractivity contribution is 9.10. The van der Waals surface area contributed by atoms with E-state index < -0.39 is 0 Å². The van der Waals surface area contributed by atoms with Crippen LogP contribution in [-0.4, -0.2) is 6.54 Å². The fraction of sp³-hybridized carbons (Fsp3) is 0.250. The third-order valence-electron chi connectivity index (χ3n) is 3.28. The predicted molar refractivity (Wildman–Crippen MR) is 90.7 cm³/mol. The highest BCUT2D eigenvalue weighted by Crippen LogP contribution is 2.23. The van der Waals surface area contributed by atoms with E-state index in [1.165, 1.54) is 6.07 Å².